The van der Waals surface area contributed by atoms with E-state index in [-0.39, 0.29) is 18.7 Å². The van der Waals surface area contributed by atoms with Gasteiger partial charge in [0.05, 0.1) is 11.2 Å². The average Bonchev–Trinajstić information content (AvgIpc) is 2.55. The Bertz CT molecular complexity index is 759. The Hall–Kier alpha value is -1.34. The fraction of sp³-hybridized carbons (Fsp3) is 0.353. The number of Topliss-reactive ketones (excluding diaryl/α,β-unsaturated/α-hetero) is 1. The SMILES string of the molecule is CSc1ncc(C(=O)Cc2c(Cl)cccc2Cl)c(NCC(C)(C)O)n1. The molecule has 2 aromatic rings. The highest BCUT2D eigenvalue weighted by atomic mass is 35.5. The number of aliphatic hydroxyl groups is 1. The molecule has 0 aliphatic carbocycles. The van der Waals surface area contributed by atoms with E-state index in [2.05, 4.69) is 15.3 Å². The van der Waals surface area contributed by atoms with Crippen LogP contribution in [0.2, 0.25) is 10.0 Å². The number of halogens is 2. The molecule has 0 atom stereocenters. The van der Waals surface area contributed by atoms with Crippen LogP contribution in [0.3, 0.4) is 0 Å². The van der Waals surface area contributed by atoms with E-state index in [9.17, 15) is 9.90 Å². The number of rotatable bonds is 7. The maximum Gasteiger partial charge on any atom is 0.189 e. The molecule has 2 N–H and O–H groups in total. The van der Waals surface area contributed by atoms with Gasteiger partial charge in [0, 0.05) is 29.2 Å². The van der Waals surface area contributed by atoms with Gasteiger partial charge in [-0.25, -0.2) is 9.97 Å². The molecule has 0 unspecified atom stereocenters. The topological polar surface area (TPSA) is 75.1 Å². The molecule has 0 bridgehead atoms. The van der Waals surface area contributed by atoms with Crippen molar-refractivity contribution in [2.45, 2.75) is 31.0 Å². The number of thioether (sulfide) groups is 1. The predicted molar refractivity (Wildman–Crippen MR) is 103 cm³/mol. The first kappa shape index (κ1) is 20.0. The molecule has 5 nitrogen and oxygen atoms in total. The quantitative estimate of drug-likeness (QED) is 0.414. The molecule has 0 radical (unpaired) electrons. The molecule has 0 aliphatic rings. The summed E-state index contributed by atoms with van der Waals surface area (Å²) in [5, 5.41) is 14.3. The normalized spacial score (nSPS) is 11.4. The molecule has 0 aliphatic heterocycles. The number of carbonyl (C=O) groups excluding carboxylic acids is 1. The predicted octanol–water partition coefficient (Wildman–Crippen LogP) is 4.11. The van der Waals surface area contributed by atoms with Crippen LogP contribution in [-0.2, 0) is 6.42 Å². The molecule has 0 fully saturated rings. The molecule has 8 heteroatoms. The van der Waals surface area contributed by atoms with Crippen LogP contribution in [0.25, 0.3) is 0 Å². The van der Waals surface area contributed by atoms with E-state index in [0.717, 1.165) is 0 Å². The number of aromatic nitrogens is 2. The Kier molecular flexibility index (Phi) is 6.68. The van der Waals surface area contributed by atoms with Crippen LogP contribution in [0, 0.1) is 0 Å². The summed E-state index contributed by atoms with van der Waals surface area (Å²) in [5.41, 5.74) is -0.0483. The minimum Gasteiger partial charge on any atom is -0.389 e. The van der Waals surface area contributed by atoms with Crippen molar-refractivity contribution in [2.75, 3.05) is 18.1 Å². The molecular weight excluding hydrogens is 381 g/mol. The minimum atomic E-state index is -0.948. The monoisotopic (exact) mass is 399 g/mol. The highest BCUT2D eigenvalue weighted by Gasteiger charge is 2.20. The highest BCUT2D eigenvalue weighted by Crippen LogP contribution is 2.27. The fourth-order valence-electron chi connectivity index (χ4n) is 2.06. The highest BCUT2D eigenvalue weighted by molar-refractivity contribution is 7.98. The van der Waals surface area contributed by atoms with Gasteiger partial charge in [0.2, 0.25) is 0 Å². The van der Waals surface area contributed by atoms with Gasteiger partial charge in [-0.2, -0.15) is 0 Å². The number of ketones is 1. The van der Waals surface area contributed by atoms with Crippen LogP contribution < -0.4 is 5.32 Å². The maximum absolute atomic E-state index is 12.8. The van der Waals surface area contributed by atoms with Crippen molar-refractivity contribution >= 4 is 46.6 Å². The number of carbonyl (C=O) groups is 1. The van der Waals surface area contributed by atoms with E-state index in [1.165, 1.54) is 18.0 Å². The molecule has 0 spiro atoms. The maximum atomic E-state index is 12.8. The third-order valence-corrected chi connectivity index (χ3v) is 4.61. The summed E-state index contributed by atoms with van der Waals surface area (Å²) in [5.74, 6) is 0.176. The van der Waals surface area contributed by atoms with Crippen LogP contribution in [0.15, 0.2) is 29.6 Å². The Morgan fingerprint density at radius 2 is 1.96 bits per heavy atom. The van der Waals surface area contributed by atoms with E-state index < -0.39 is 5.60 Å². The molecule has 1 heterocycles. The Labute approximate surface area is 161 Å². The number of anilines is 1. The molecule has 1 aromatic heterocycles. The van der Waals surface area contributed by atoms with Crippen molar-refractivity contribution < 1.29 is 9.90 Å². The lowest BCUT2D eigenvalue weighted by atomic mass is 10.0. The molecule has 2 rings (SSSR count). The van der Waals surface area contributed by atoms with Crippen LogP contribution in [0.1, 0.15) is 29.8 Å². The van der Waals surface area contributed by atoms with Crippen molar-refractivity contribution in [2.24, 2.45) is 0 Å². The number of nitrogens with zero attached hydrogens (tertiary/aromatic N) is 2. The Morgan fingerprint density at radius 3 is 2.52 bits per heavy atom. The second-order valence-corrected chi connectivity index (χ2v) is 7.67. The van der Waals surface area contributed by atoms with E-state index >= 15 is 0 Å². The lowest BCUT2D eigenvalue weighted by molar-refractivity contribution is 0.0937. The van der Waals surface area contributed by atoms with Crippen LogP contribution in [0.5, 0.6) is 0 Å². The van der Waals surface area contributed by atoms with Gasteiger partial charge >= 0.3 is 0 Å². The van der Waals surface area contributed by atoms with Gasteiger partial charge in [0.25, 0.3) is 0 Å². The van der Waals surface area contributed by atoms with Crippen LogP contribution in [0.4, 0.5) is 5.82 Å². The third kappa shape index (κ3) is 5.57. The average molecular weight is 400 g/mol. The fourth-order valence-corrected chi connectivity index (χ4v) is 2.93. The minimum absolute atomic E-state index is 0.0394. The van der Waals surface area contributed by atoms with E-state index in [0.29, 0.717) is 32.1 Å². The van der Waals surface area contributed by atoms with Gasteiger partial charge in [0.1, 0.15) is 5.82 Å². The Balaban J connectivity index is 2.31. The number of hydrogen-bond donors (Lipinski definition) is 2. The summed E-state index contributed by atoms with van der Waals surface area (Å²) in [6, 6.07) is 5.11. The molecule has 0 saturated carbocycles. The third-order valence-electron chi connectivity index (χ3n) is 3.34. The molecule has 134 valence electrons. The zero-order valence-corrected chi connectivity index (χ0v) is 16.5. The van der Waals surface area contributed by atoms with E-state index in [1.807, 2.05) is 6.26 Å². The second-order valence-electron chi connectivity index (χ2n) is 6.09. The largest absolute Gasteiger partial charge is 0.389 e. The van der Waals surface area contributed by atoms with E-state index in [1.54, 1.807) is 32.0 Å². The number of hydrogen-bond acceptors (Lipinski definition) is 6. The lowest BCUT2D eigenvalue weighted by Gasteiger charge is -2.19. The van der Waals surface area contributed by atoms with Gasteiger partial charge in [0.15, 0.2) is 10.9 Å². The first-order valence-electron chi connectivity index (χ1n) is 7.54. The van der Waals surface area contributed by atoms with Gasteiger partial charge < -0.3 is 10.4 Å². The van der Waals surface area contributed by atoms with Crippen molar-refractivity contribution in [1.29, 1.82) is 0 Å². The summed E-state index contributed by atoms with van der Waals surface area (Å²) >= 11 is 13.7. The van der Waals surface area contributed by atoms with Crippen molar-refractivity contribution in [3.05, 3.63) is 45.6 Å². The molecular formula is C17H19Cl2N3O2S. The van der Waals surface area contributed by atoms with Gasteiger partial charge in [-0.3, -0.25) is 4.79 Å². The smallest absolute Gasteiger partial charge is 0.189 e. The molecule has 0 amide bonds. The number of nitrogens with one attached hydrogen (secondary N) is 1. The van der Waals surface area contributed by atoms with Crippen LogP contribution in [-0.4, -0.2) is 39.3 Å². The van der Waals surface area contributed by atoms with Gasteiger partial charge in [-0.1, -0.05) is 41.0 Å². The zero-order chi connectivity index (χ0) is 18.6. The van der Waals surface area contributed by atoms with Crippen LogP contribution >= 0.6 is 35.0 Å². The van der Waals surface area contributed by atoms with Gasteiger partial charge in [-0.05, 0) is 37.8 Å². The van der Waals surface area contributed by atoms with Gasteiger partial charge in [-0.15, -0.1) is 0 Å². The molecule has 1 aromatic carbocycles. The molecule has 0 saturated heterocycles. The summed E-state index contributed by atoms with van der Waals surface area (Å²) in [4.78, 5) is 21.3. The second kappa shape index (κ2) is 8.36. The first-order valence-corrected chi connectivity index (χ1v) is 9.52. The summed E-state index contributed by atoms with van der Waals surface area (Å²) in [6.07, 6.45) is 3.37. The summed E-state index contributed by atoms with van der Waals surface area (Å²) in [6.45, 7) is 3.58. The lowest BCUT2D eigenvalue weighted by Crippen LogP contribution is -2.30. The van der Waals surface area contributed by atoms with E-state index in [4.69, 9.17) is 23.2 Å². The zero-order valence-electron chi connectivity index (χ0n) is 14.1. The Morgan fingerprint density at radius 1 is 1.32 bits per heavy atom. The first-order chi connectivity index (χ1) is 11.7. The molecule has 25 heavy (non-hydrogen) atoms. The number of benzene rings is 1. The van der Waals surface area contributed by atoms with Crippen molar-refractivity contribution in [1.82, 2.24) is 9.97 Å². The standard InChI is InChI=1S/C17H19Cl2N3O2S/c1-17(2,24)9-21-15-11(8-20-16(22-15)25-3)14(23)7-10-12(18)5-4-6-13(10)19/h4-6,8,24H,7,9H2,1-3H3,(H,20,21,22). The van der Waals surface area contributed by atoms with Crippen molar-refractivity contribution in [3.63, 3.8) is 0 Å². The van der Waals surface area contributed by atoms with Crippen molar-refractivity contribution in [3.8, 4) is 0 Å². The summed E-state index contributed by atoms with van der Waals surface area (Å²) < 4.78 is 0. The summed E-state index contributed by atoms with van der Waals surface area (Å²) in [7, 11) is 0.